The molecule has 0 spiro atoms. The van der Waals surface area contributed by atoms with E-state index in [-0.39, 0.29) is 11.3 Å². The molecule has 0 bridgehead atoms. The van der Waals surface area contributed by atoms with Gasteiger partial charge in [-0.15, -0.1) is 0 Å². The number of carbonyl (C=O) groups is 1. The van der Waals surface area contributed by atoms with Gasteiger partial charge in [-0.25, -0.2) is 0 Å². The van der Waals surface area contributed by atoms with Crippen LogP contribution in [0.25, 0.3) is 5.70 Å². The van der Waals surface area contributed by atoms with Crippen LogP contribution in [0.5, 0.6) is 5.75 Å². The van der Waals surface area contributed by atoms with E-state index < -0.39 is 0 Å². The normalized spacial score (nSPS) is 17.1. The summed E-state index contributed by atoms with van der Waals surface area (Å²) in [5.41, 5.74) is 3.71. The minimum absolute atomic E-state index is 0.00230. The number of ether oxygens (including phenoxy) is 1. The third-order valence-electron chi connectivity index (χ3n) is 4.10. The Kier molecular flexibility index (Phi) is 4.67. The molecule has 0 unspecified atom stereocenters. The number of methoxy groups -OCH3 is 1. The molecule has 24 heavy (non-hydrogen) atoms. The van der Waals surface area contributed by atoms with Gasteiger partial charge < -0.3 is 10.1 Å². The molecule has 4 heteroatoms. The van der Waals surface area contributed by atoms with Crippen LogP contribution in [0.4, 0.5) is 0 Å². The second-order valence-electron chi connectivity index (χ2n) is 6.64. The van der Waals surface area contributed by atoms with Gasteiger partial charge in [0, 0.05) is 32.0 Å². The number of halogens is 1. The number of allylic oxidation sites excluding steroid dienone is 1. The quantitative estimate of drug-likeness (QED) is 0.442. The maximum absolute atomic E-state index is 12.7. The number of carbonyl (C=O) groups excluding carboxylic acids is 1. The number of hydrogen-bond donors (Lipinski definition) is 1. The highest BCUT2D eigenvalue weighted by Crippen LogP contribution is 2.32. The van der Waals surface area contributed by atoms with Gasteiger partial charge in [-0.1, -0.05) is 18.2 Å². The van der Waals surface area contributed by atoms with Crippen molar-refractivity contribution in [3.05, 3.63) is 68.8 Å². The molecule has 0 saturated carbocycles. The lowest BCUT2D eigenvalue weighted by Gasteiger charge is -2.35. The van der Waals surface area contributed by atoms with Crippen LogP contribution in [0.2, 0.25) is 0 Å². The summed E-state index contributed by atoms with van der Waals surface area (Å²) in [7, 11) is 1.66. The summed E-state index contributed by atoms with van der Waals surface area (Å²) < 4.78 is 6.40. The van der Waals surface area contributed by atoms with Crippen LogP contribution in [0.1, 0.15) is 35.3 Å². The molecule has 0 fully saturated rings. The van der Waals surface area contributed by atoms with Gasteiger partial charge in [0.25, 0.3) is 0 Å². The molecule has 0 aromatic heterocycles. The van der Waals surface area contributed by atoms with Crippen LogP contribution in [-0.2, 0) is 6.42 Å². The van der Waals surface area contributed by atoms with Gasteiger partial charge in [0.2, 0.25) is 0 Å². The highest BCUT2D eigenvalue weighted by molar-refractivity contribution is 14.1. The molecule has 0 aliphatic carbocycles. The monoisotopic (exact) mass is 433 g/mol. The van der Waals surface area contributed by atoms with Crippen molar-refractivity contribution in [3.8, 4) is 5.75 Å². The molecule has 0 radical (unpaired) electrons. The highest BCUT2D eigenvalue weighted by Gasteiger charge is 2.28. The zero-order valence-electron chi connectivity index (χ0n) is 14.0. The molecule has 1 heterocycles. The predicted octanol–water partition coefficient (Wildman–Crippen LogP) is 4.45. The zero-order chi connectivity index (χ0) is 17.3. The Hall–Kier alpha value is -1.82. The number of ketones is 1. The fraction of sp³-hybridized carbons (Fsp3) is 0.250. The number of fused-ring (bicyclic) bond motifs is 1. The topological polar surface area (TPSA) is 38.3 Å². The average Bonchev–Trinajstić information content (AvgIpc) is 2.53. The van der Waals surface area contributed by atoms with E-state index in [4.69, 9.17) is 4.74 Å². The van der Waals surface area contributed by atoms with Crippen LogP contribution in [-0.4, -0.2) is 18.4 Å². The maximum atomic E-state index is 12.7. The lowest BCUT2D eigenvalue weighted by molar-refractivity contribution is 0.104. The van der Waals surface area contributed by atoms with Crippen LogP contribution >= 0.6 is 22.6 Å². The molecule has 0 saturated heterocycles. The summed E-state index contributed by atoms with van der Waals surface area (Å²) in [6.45, 7) is 4.29. The van der Waals surface area contributed by atoms with E-state index in [0.717, 1.165) is 27.0 Å². The smallest absolute Gasteiger partial charge is 0.187 e. The molecule has 124 valence electrons. The SMILES string of the molecule is COc1ccc2c(c1)/C(=C/C(=O)c1cccc(I)c1)NC(C)(C)C2. The van der Waals surface area contributed by atoms with Crippen molar-refractivity contribution in [2.45, 2.75) is 25.8 Å². The minimum atomic E-state index is -0.0984. The second-order valence-corrected chi connectivity index (χ2v) is 7.89. The van der Waals surface area contributed by atoms with Crippen LogP contribution in [0, 0.1) is 3.57 Å². The Balaban J connectivity index is 2.05. The van der Waals surface area contributed by atoms with Crippen LogP contribution in [0.15, 0.2) is 48.5 Å². The fourth-order valence-electron chi connectivity index (χ4n) is 3.01. The zero-order valence-corrected chi connectivity index (χ0v) is 16.2. The number of hydrogen-bond acceptors (Lipinski definition) is 3. The van der Waals surface area contributed by atoms with E-state index in [1.165, 1.54) is 5.56 Å². The van der Waals surface area contributed by atoms with E-state index in [2.05, 4.69) is 47.8 Å². The first kappa shape index (κ1) is 17.0. The summed E-state index contributed by atoms with van der Waals surface area (Å²) >= 11 is 2.22. The Morgan fingerprint density at radius 2 is 2.04 bits per heavy atom. The minimum Gasteiger partial charge on any atom is -0.497 e. The Bertz CT molecular complexity index is 824. The first-order valence-corrected chi connectivity index (χ1v) is 8.93. The molecule has 3 nitrogen and oxygen atoms in total. The summed E-state index contributed by atoms with van der Waals surface area (Å²) in [6.07, 6.45) is 2.60. The third kappa shape index (κ3) is 3.64. The van der Waals surface area contributed by atoms with E-state index >= 15 is 0 Å². The van der Waals surface area contributed by atoms with Gasteiger partial charge in [0.15, 0.2) is 5.78 Å². The Morgan fingerprint density at radius 3 is 2.75 bits per heavy atom. The van der Waals surface area contributed by atoms with Crippen molar-refractivity contribution >= 4 is 34.1 Å². The number of rotatable bonds is 3. The molecule has 2 aromatic rings. The van der Waals surface area contributed by atoms with Gasteiger partial charge in [0.1, 0.15) is 5.75 Å². The third-order valence-corrected chi connectivity index (χ3v) is 4.77. The lowest BCUT2D eigenvalue weighted by Crippen LogP contribution is -2.43. The number of benzene rings is 2. The highest BCUT2D eigenvalue weighted by atomic mass is 127. The maximum Gasteiger partial charge on any atom is 0.187 e. The molecule has 1 aliphatic heterocycles. The average molecular weight is 433 g/mol. The summed E-state index contributed by atoms with van der Waals surface area (Å²) in [5, 5.41) is 3.50. The van der Waals surface area contributed by atoms with Crippen LogP contribution < -0.4 is 10.1 Å². The molecular formula is C20H20INO2. The largest absolute Gasteiger partial charge is 0.497 e. The van der Waals surface area contributed by atoms with Gasteiger partial charge in [-0.2, -0.15) is 0 Å². The van der Waals surface area contributed by atoms with Gasteiger partial charge in [0.05, 0.1) is 7.11 Å². The van der Waals surface area contributed by atoms with Gasteiger partial charge >= 0.3 is 0 Å². The van der Waals surface area contributed by atoms with Crippen LogP contribution in [0.3, 0.4) is 0 Å². The van der Waals surface area contributed by atoms with E-state index in [1.807, 2.05) is 36.4 Å². The molecule has 2 aromatic carbocycles. The molecular weight excluding hydrogens is 413 g/mol. The first-order chi connectivity index (χ1) is 11.4. The van der Waals surface area contributed by atoms with Crippen molar-refractivity contribution in [2.24, 2.45) is 0 Å². The van der Waals surface area contributed by atoms with Gasteiger partial charge in [-0.05, 0) is 72.7 Å². The molecule has 3 rings (SSSR count). The molecule has 1 aliphatic rings. The van der Waals surface area contributed by atoms with E-state index in [9.17, 15) is 4.79 Å². The molecule has 0 atom stereocenters. The van der Waals surface area contributed by atoms with E-state index in [0.29, 0.717) is 5.56 Å². The predicted molar refractivity (Wildman–Crippen MR) is 105 cm³/mol. The summed E-state index contributed by atoms with van der Waals surface area (Å²) in [6, 6.07) is 13.7. The number of nitrogens with one attached hydrogen (secondary N) is 1. The fourth-order valence-corrected chi connectivity index (χ4v) is 3.55. The first-order valence-electron chi connectivity index (χ1n) is 7.85. The van der Waals surface area contributed by atoms with Crippen molar-refractivity contribution in [3.63, 3.8) is 0 Å². The van der Waals surface area contributed by atoms with Crippen molar-refractivity contribution < 1.29 is 9.53 Å². The van der Waals surface area contributed by atoms with Gasteiger partial charge in [-0.3, -0.25) is 4.79 Å². The van der Waals surface area contributed by atoms with Crippen molar-refractivity contribution in [2.75, 3.05) is 7.11 Å². The van der Waals surface area contributed by atoms with Crippen molar-refractivity contribution in [1.29, 1.82) is 0 Å². The molecule has 0 amide bonds. The second kappa shape index (κ2) is 6.59. The molecule has 1 N–H and O–H groups in total. The standard InChI is InChI=1S/C20H20INO2/c1-20(2)12-14-7-8-16(24-3)10-17(14)18(22-20)11-19(23)13-5-4-6-15(21)9-13/h4-11,22H,12H2,1-3H3/b18-11-. The summed E-state index contributed by atoms with van der Waals surface area (Å²) in [4.78, 5) is 12.7. The van der Waals surface area contributed by atoms with Crippen molar-refractivity contribution in [1.82, 2.24) is 5.32 Å². The lowest BCUT2D eigenvalue weighted by atomic mass is 9.85. The summed E-state index contributed by atoms with van der Waals surface area (Å²) in [5.74, 6) is 0.797. The van der Waals surface area contributed by atoms with E-state index in [1.54, 1.807) is 13.2 Å². The Labute approximate surface area is 156 Å². The Morgan fingerprint density at radius 1 is 1.25 bits per heavy atom.